The summed E-state index contributed by atoms with van der Waals surface area (Å²) in [5, 5.41) is 2.95. The van der Waals surface area contributed by atoms with E-state index in [9.17, 15) is 4.79 Å². The summed E-state index contributed by atoms with van der Waals surface area (Å²) in [4.78, 5) is 12.5. The molecule has 140 valence electrons. The van der Waals surface area contributed by atoms with Gasteiger partial charge in [-0.05, 0) is 56.2 Å². The fraction of sp³-hybridized carbons (Fsp3) is 0.381. The molecule has 0 fully saturated rings. The summed E-state index contributed by atoms with van der Waals surface area (Å²) in [6.45, 7) is 6.17. The molecule has 0 unspecified atom stereocenters. The Kier molecular flexibility index (Phi) is 7.33. The van der Waals surface area contributed by atoms with Crippen LogP contribution in [0, 0.1) is 6.92 Å². The third-order valence-corrected chi connectivity index (χ3v) is 3.97. The van der Waals surface area contributed by atoms with Gasteiger partial charge in [0.25, 0.3) is 5.91 Å². The number of hydrogen-bond donors (Lipinski definition) is 1. The third-order valence-electron chi connectivity index (χ3n) is 3.97. The quantitative estimate of drug-likeness (QED) is 0.743. The lowest BCUT2D eigenvalue weighted by molar-refractivity contribution is -0.129. The minimum absolute atomic E-state index is 0.137. The van der Waals surface area contributed by atoms with Crippen LogP contribution in [0.4, 0.5) is 0 Å². The number of methoxy groups -OCH3 is 1. The molecule has 0 spiro atoms. The Balaban J connectivity index is 1.84. The van der Waals surface area contributed by atoms with E-state index in [2.05, 4.69) is 5.32 Å². The van der Waals surface area contributed by atoms with Crippen molar-refractivity contribution in [3.8, 4) is 17.2 Å². The lowest BCUT2D eigenvalue weighted by Gasteiger charge is -2.21. The molecule has 2 aromatic rings. The van der Waals surface area contributed by atoms with Gasteiger partial charge < -0.3 is 19.5 Å². The second kappa shape index (κ2) is 9.70. The highest BCUT2D eigenvalue weighted by Gasteiger charge is 2.20. The van der Waals surface area contributed by atoms with Gasteiger partial charge in [-0.2, -0.15) is 0 Å². The van der Waals surface area contributed by atoms with Crippen LogP contribution >= 0.6 is 0 Å². The van der Waals surface area contributed by atoms with Gasteiger partial charge in [-0.3, -0.25) is 4.79 Å². The van der Waals surface area contributed by atoms with E-state index in [-0.39, 0.29) is 11.9 Å². The summed E-state index contributed by atoms with van der Waals surface area (Å²) >= 11 is 0. The molecule has 1 N–H and O–H groups in total. The largest absolute Gasteiger partial charge is 0.497 e. The number of amides is 1. The number of carbonyl (C=O) groups excluding carboxylic acids is 1. The highest BCUT2D eigenvalue weighted by molar-refractivity contribution is 5.81. The zero-order chi connectivity index (χ0) is 18.9. The fourth-order valence-electron chi connectivity index (χ4n) is 2.43. The molecule has 1 amide bonds. The molecule has 0 aromatic heterocycles. The second-order valence-electron chi connectivity index (χ2n) is 6.18. The molecule has 0 heterocycles. The van der Waals surface area contributed by atoms with Crippen LogP contribution in [-0.2, 0) is 4.79 Å². The number of aryl methyl sites for hydroxylation is 1. The van der Waals surface area contributed by atoms with Crippen molar-refractivity contribution < 1.29 is 19.0 Å². The van der Waals surface area contributed by atoms with Crippen molar-refractivity contribution in [2.45, 2.75) is 39.3 Å². The highest BCUT2D eigenvalue weighted by atomic mass is 16.5. The number of ether oxygens (including phenoxy) is 3. The first-order valence-electron chi connectivity index (χ1n) is 8.83. The van der Waals surface area contributed by atoms with E-state index in [1.54, 1.807) is 7.11 Å². The van der Waals surface area contributed by atoms with Gasteiger partial charge in [0.1, 0.15) is 23.9 Å². The van der Waals surface area contributed by atoms with Crippen LogP contribution in [0.2, 0.25) is 0 Å². The van der Waals surface area contributed by atoms with Crippen molar-refractivity contribution in [3.63, 3.8) is 0 Å². The fourth-order valence-corrected chi connectivity index (χ4v) is 2.43. The van der Waals surface area contributed by atoms with Crippen LogP contribution in [0.15, 0.2) is 48.5 Å². The summed E-state index contributed by atoms with van der Waals surface area (Å²) in [5.74, 6) is 2.10. The van der Waals surface area contributed by atoms with E-state index in [4.69, 9.17) is 14.2 Å². The van der Waals surface area contributed by atoms with Gasteiger partial charge in [-0.15, -0.1) is 0 Å². The molecule has 0 saturated carbocycles. The Bertz CT molecular complexity index is 699. The predicted molar refractivity (Wildman–Crippen MR) is 102 cm³/mol. The van der Waals surface area contributed by atoms with Gasteiger partial charge in [0.2, 0.25) is 0 Å². The molecule has 2 rings (SSSR count). The monoisotopic (exact) mass is 357 g/mol. The minimum Gasteiger partial charge on any atom is -0.497 e. The van der Waals surface area contributed by atoms with Crippen molar-refractivity contribution in [1.29, 1.82) is 0 Å². The molecule has 0 aliphatic rings. The van der Waals surface area contributed by atoms with Crippen LogP contribution in [0.25, 0.3) is 0 Å². The molecular weight excluding hydrogens is 330 g/mol. The maximum absolute atomic E-state index is 12.5. The van der Waals surface area contributed by atoms with Crippen LogP contribution < -0.4 is 19.5 Å². The average Bonchev–Trinajstić information content (AvgIpc) is 2.66. The third kappa shape index (κ3) is 5.69. The molecular formula is C21H27NO4. The standard InChI is InChI=1S/C21H27NO4/c1-5-19(26-20-9-7-6-8-15(20)2)21(23)22-16(3)14-25-18-12-10-17(24-4)11-13-18/h6-13,16,19H,5,14H2,1-4H3,(H,22,23)/t16-,19+/m0/s1. The molecule has 2 aromatic carbocycles. The minimum atomic E-state index is -0.528. The van der Waals surface area contributed by atoms with Gasteiger partial charge in [0, 0.05) is 0 Å². The van der Waals surface area contributed by atoms with Crippen LogP contribution in [0.5, 0.6) is 17.2 Å². The summed E-state index contributed by atoms with van der Waals surface area (Å²) in [6, 6.07) is 14.9. The number of para-hydroxylation sites is 1. The lowest BCUT2D eigenvalue weighted by atomic mass is 10.2. The van der Waals surface area contributed by atoms with E-state index < -0.39 is 6.10 Å². The second-order valence-corrected chi connectivity index (χ2v) is 6.18. The maximum Gasteiger partial charge on any atom is 0.261 e. The van der Waals surface area contributed by atoms with Crippen LogP contribution in [-0.4, -0.2) is 31.8 Å². The number of nitrogens with one attached hydrogen (secondary N) is 1. The van der Waals surface area contributed by atoms with Crippen molar-refractivity contribution in [2.75, 3.05) is 13.7 Å². The lowest BCUT2D eigenvalue weighted by Crippen LogP contribution is -2.44. The summed E-state index contributed by atoms with van der Waals surface area (Å²) in [6.07, 6.45) is 0.0613. The molecule has 5 heteroatoms. The molecule has 0 radical (unpaired) electrons. The van der Waals surface area contributed by atoms with Gasteiger partial charge in [-0.25, -0.2) is 0 Å². The molecule has 2 atom stereocenters. The SMILES string of the molecule is CC[C@@H](Oc1ccccc1C)C(=O)N[C@@H](C)COc1ccc(OC)cc1. The van der Waals surface area contributed by atoms with E-state index in [1.165, 1.54) is 0 Å². The van der Waals surface area contributed by atoms with E-state index in [1.807, 2.05) is 69.3 Å². The molecule has 5 nitrogen and oxygen atoms in total. The zero-order valence-corrected chi connectivity index (χ0v) is 15.8. The van der Waals surface area contributed by atoms with Crippen molar-refractivity contribution in [3.05, 3.63) is 54.1 Å². The topological polar surface area (TPSA) is 56.8 Å². The summed E-state index contributed by atoms with van der Waals surface area (Å²) in [5.41, 5.74) is 1.01. The Morgan fingerprint density at radius 3 is 2.35 bits per heavy atom. The van der Waals surface area contributed by atoms with Crippen molar-refractivity contribution in [1.82, 2.24) is 5.32 Å². The normalized spacial score (nSPS) is 12.8. The van der Waals surface area contributed by atoms with Gasteiger partial charge in [0.05, 0.1) is 13.2 Å². The number of benzene rings is 2. The summed E-state index contributed by atoms with van der Waals surface area (Å²) < 4.78 is 16.7. The van der Waals surface area contributed by atoms with E-state index in [0.717, 1.165) is 22.8 Å². The average molecular weight is 357 g/mol. The Labute approximate surface area is 155 Å². The first-order valence-corrected chi connectivity index (χ1v) is 8.83. The van der Waals surface area contributed by atoms with Crippen molar-refractivity contribution >= 4 is 5.91 Å². The van der Waals surface area contributed by atoms with Gasteiger partial charge in [-0.1, -0.05) is 25.1 Å². The highest BCUT2D eigenvalue weighted by Crippen LogP contribution is 2.19. The molecule has 0 saturated heterocycles. The predicted octanol–water partition coefficient (Wildman–Crippen LogP) is 3.74. The van der Waals surface area contributed by atoms with Crippen LogP contribution in [0.1, 0.15) is 25.8 Å². The van der Waals surface area contributed by atoms with E-state index in [0.29, 0.717) is 13.0 Å². The van der Waals surface area contributed by atoms with Crippen LogP contribution in [0.3, 0.4) is 0 Å². The Morgan fingerprint density at radius 2 is 1.73 bits per heavy atom. The first-order chi connectivity index (χ1) is 12.5. The van der Waals surface area contributed by atoms with E-state index >= 15 is 0 Å². The molecule has 26 heavy (non-hydrogen) atoms. The Hall–Kier alpha value is -2.69. The van der Waals surface area contributed by atoms with Gasteiger partial charge in [0.15, 0.2) is 6.10 Å². The number of rotatable bonds is 9. The smallest absolute Gasteiger partial charge is 0.261 e. The van der Waals surface area contributed by atoms with Crippen molar-refractivity contribution in [2.24, 2.45) is 0 Å². The first kappa shape index (κ1) is 19.6. The maximum atomic E-state index is 12.5. The zero-order valence-electron chi connectivity index (χ0n) is 15.8. The molecule has 0 bridgehead atoms. The summed E-state index contributed by atoms with van der Waals surface area (Å²) in [7, 11) is 1.62. The molecule has 0 aliphatic carbocycles. The number of carbonyl (C=O) groups is 1. The number of hydrogen-bond acceptors (Lipinski definition) is 4. The Morgan fingerprint density at radius 1 is 1.08 bits per heavy atom. The molecule has 0 aliphatic heterocycles. The van der Waals surface area contributed by atoms with Gasteiger partial charge >= 0.3 is 0 Å².